The number of esters is 1. The molecule has 1 heterocycles. The van der Waals surface area contributed by atoms with Crippen molar-refractivity contribution in [3.05, 3.63) is 35.0 Å². The normalized spacial score (nSPS) is 27.6. The molecule has 0 aromatic carbocycles. The first kappa shape index (κ1) is 12.2. The Labute approximate surface area is 102 Å². The van der Waals surface area contributed by atoms with Crippen molar-refractivity contribution in [3.8, 4) is 0 Å². The minimum Gasteiger partial charge on any atom is -0.468 e. The molecular weight excluding hydrogens is 246 g/mol. The first-order valence-corrected chi connectivity index (χ1v) is 6.06. The predicted molar refractivity (Wildman–Crippen MR) is 61.3 cm³/mol. The van der Waals surface area contributed by atoms with Crippen molar-refractivity contribution in [1.29, 1.82) is 0 Å². The number of ether oxygens (including phenoxy) is 1. The smallest absolute Gasteiger partial charge is 0.316 e. The van der Waals surface area contributed by atoms with E-state index in [1.54, 1.807) is 16.8 Å². The lowest BCUT2D eigenvalue weighted by Gasteiger charge is -2.17. The Morgan fingerprint density at radius 3 is 2.94 bits per heavy atom. The van der Waals surface area contributed by atoms with E-state index in [-0.39, 0.29) is 6.42 Å². The Balaban J connectivity index is 2.38. The summed E-state index contributed by atoms with van der Waals surface area (Å²) in [6, 6.07) is 1.70. The summed E-state index contributed by atoms with van der Waals surface area (Å²) in [5.74, 6) is -4.69. The monoisotopic (exact) mass is 258 g/mol. The molecule has 0 spiro atoms. The van der Waals surface area contributed by atoms with Gasteiger partial charge in [0.25, 0.3) is 5.92 Å². The molecule has 0 amide bonds. The molecule has 1 fully saturated rings. The molecule has 0 N–H and O–H groups in total. The maximum atomic E-state index is 13.6. The van der Waals surface area contributed by atoms with E-state index in [2.05, 4.69) is 11.3 Å². The minimum absolute atomic E-state index is 0.107. The number of thiophene rings is 1. The van der Waals surface area contributed by atoms with Crippen LogP contribution in [-0.4, -0.2) is 19.0 Å². The van der Waals surface area contributed by atoms with Crippen molar-refractivity contribution in [1.82, 2.24) is 0 Å². The molecule has 2 nitrogen and oxygen atoms in total. The molecule has 0 radical (unpaired) electrons. The van der Waals surface area contributed by atoms with Gasteiger partial charge in [-0.25, -0.2) is 8.78 Å². The van der Waals surface area contributed by atoms with Gasteiger partial charge in [-0.05, 0) is 34.9 Å². The Morgan fingerprint density at radius 2 is 2.47 bits per heavy atom. The summed E-state index contributed by atoms with van der Waals surface area (Å²) in [7, 11) is 1.22. The Bertz CT molecular complexity index is 441. The summed E-state index contributed by atoms with van der Waals surface area (Å²) in [6.45, 7) is 3.13. The number of rotatable bonds is 4. The molecule has 1 aliphatic carbocycles. The largest absolute Gasteiger partial charge is 0.468 e. The van der Waals surface area contributed by atoms with Gasteiger partial charge < -0.3 is 4.74 Å². The molecule has 0 bridgehead atoms. The van der Waals surface area contributed by atoms with Gasteiger partial charge in [-0.3, -0.25) is 4.79 Å². The molecule has 2 atom stereocenters. The maximum absolute atomic E-state index is 13.6. The molecule has 0 aliphatic heterocycles. The van der Waals surface area contributed by atoms with Crippen LogP contribution in [0.3, 0.4) is 0 Å². The molecule has 17 heavy (non-hydrogen) atoms. The van der Waals surface area contributed by atoms with Crippen LogP contribution in [0.4, 0.5) is 8.78 Å². The van der Waals surface area contributed by atoms with Gasteiger partial charge >= 0.3 is 5.97 Å². The van der Waals surface area contributed by atoms with Crippen molar-refractivity contribution in [2.24, 2.45) is 5.92 Å². The number of hydrogen-bond donors (Lipinski definition) is 0. The average molecular weight is 258 g/mol. The fourth-order valence-corrected chi connectivity index (χ4v) is 2.97. The first-order chi connectivity index (χ1) is 7.99. The van der Waals surface area contributed by atoms with Crippen LogP contribution in [0.5, 0.6) is 0 Å². The van der Waals surface area contributed by atoms with Gasteiger partial charge in [0.2, 0.25) is 0 Å². The van der Waals surface area contributed by atoms with Crippen molar-refractivity contribution in [3.63, 3.8) is 0 Å². The quantitative estimate of drug-likeness (QED) is 0.613. The van der Waals surface area contributed by atoms with E-state index in [9.17, 15) is 13.6 Å². The third-order valence-corrected chi connectivity index (χ3v) is 3.97. The zero-order chi connectivity index (χ0) is 12.7. The Kier molecular flexibility index (Phi) is 2.81. The zero-order valence-electron chi connectivity index (χ0n) is 9.28. The van der Waals surface area contributed by atoms with Crippen LogP contribution >= 0.6 is 11.3 Å². The highest BCUT2D eigenvalue weighted by Gasteiger charge is 2.70. The van der Waals surface area contributed by atoms with Crippen LogP contribution in [0.2, 0.25) is 0 Å². The molecule has 1 saturated carbocycles. The Morgan fingerprint density at radius 1 is 1.76 bits per heavy atom. The van der Waals surface area contributed by atoms with E-state index in [0.29, 0.717) is 11.6 Å². The average Bonchev–Trinajstić information content (AvgIpc) is 2.87. The van der Waals surface area contributed by atoms with E-state index < -0.39 is 23.2 Å². The maximum Gasteiger partial charge on any atom is 0.316 e. The SMILES string of the molecule is C=CC(F)(F)[C@H]1C[C@]1(C(=O)OC)c1ccsc1. The van der Waals surface area contributed by atoms with Gasteiger partial charge in [-0.1, -0.05) is 6.58 Å². The summed E-state index contributed by atoms with van der Waals surface area (Å²) in [6.07, 6.45) is 0.712. The molecule has 2 rings (SSSR count). The van der Waals surface area contributed by atoms with Gasteiger partial charge in [0, 0.05) is 5.92 Å². The zero-order valence-corrected chi connectivity index (χ0v) is 10.1. The van der Waals surface area contributed by atoms with Gasteiger partial charge in [-0.2, -0.15) is 11.3 Å². The first-order valence-electron chi connectivity index (χ1n) is 5.11. The summed E-state index contributed by atoms with van der Waals surface area (Å²) < 4.78 is 31.9. The fourth-order valence-electron chi connectivity index (χ4n) is 2.23. The van der Waals surface area contributed by atoms with E-state index >= 15 is 0 Å². The number of carbonyl (C=O) groups is 1. The van der Waals surface area contributed by atoms with Gasteiger partial charge in [0.1, 0.15) is 5.41 Å². The van der Waals surface area contributed by atoms with Crippen LogP contribution in [0, 0.1) is 5.92 Å². The number of allylic oxidation sites excluding steroid dienone is 1. The lowest BCUT2D eigenvalue weighted by molar-refractivity contribution is -0.145. The van der Waals surface area contributed by atoms with Crippen LogP contribution < -0.4 is 0 Å². The molecule has 0 unspecified atom stereocenters. The van der Waals surface area contributed by atoms with Crippen molar-refractivity contribution in [2.75, 3.05) is 7.11 Å². The van der Waals surface area contributed by atoms with Gasteiger partial charge in [-0.15, -0.1) is 0 Å². The summed E-state index contributed by atoms with van der Waals surface area (Å²) in [5, 5.41) is 3.48. The third-order valence-electron chi connectivity index (χ3n) is 3.28. The topological polar surface area (TPSA) is 26.3 Å². The fraction of sp³-hybridized carbons (Fsp3) is 0.417. The number of halogens is 2. The highest BCUT2D eigenvalue weighted by Crippen LogP contribution is 2.62. The summed E-state index contributed by atoms with van der Waals surface area (Å²) in [4.78, 5) is 11.8. The van der Waals surface area contributed by atoms with Crippen molar-refractivity contribution >= 4 is 17.3 Å². The van der Waals surface area contributed by atoms with E-state index in [1.807, 2.05) is 0 Å². The van der Waals surface area contributed by atoms with Gasteiger partial charge in [0.15, 0.2) is 0 Å². The second kappa shape index (κ2) is 3.91. The Hall–Kier alpha value is -1.23. The van der Waals surface area contributed by atoms with Crippen molar-refractivity contribution in [2.45, 2.75) is 17.8 Å². The molecule has 92 valence electrons. The lowest BCUT2D eigenvalue weighted by Crippen LogP contribution is -2.30. The highest BCUT2D eigenvalue weighted by molar-refractivity contribution is 7.08. The molecular formula is C12H12F2O2S. The van der Waals surface area contributed by atoms with E-state index in [1.165, 1.54) is 18.4 Å². The molecule has 1 aromatic rings. The van der Waals surface area contributed by atoms with Gasteiger partial charge in [0.05, 0.1) is 7.11 Å². The number of carbonyl (C=O) groups excluding carboxylic acids is 1. The number of hydrogen-bond acceptors (Lipinski definition) is 3. The molecule has 5 heteroatoms. The van der Waals surface area contributed by atoms with Crippen LogP contribution in [-0.2, 0) is 14.9 Å². The molecule has 1 aromatic heterocycles. The van der Waals surface area contributed by atoms with Crippen LogP contribution in [0.1, 0.15) is 12.0 Å². The number of methoxy groups -OCH3 is 1. The standard InChI is InChI=1S/C12H12F2O2S/c1-3-12(13,14)9-6-11(9,10(15)16-2)8-4-5-17-7-8/h3-5,7,9H,1,6H2,2H3/t9-,11-/m0/s1. The third kappa shape index (κ3) is 1.69. The second-order valence-corrected chi connectivity index (χ2v) is 4.89. The second-order valence-electron chi connectivity index (χ2n) is 4.11. The van der Waals surface area contributed by atoms with Crippen LogP contribution in [0.15, 0.2) is 29.5 Å². The number of alkyl halides is 2. The van der Waals surface area contributed by atoms with E-state index in [4.69, 9.17) is 0 Å². The van der Waals surface area contributed by atoms with Crippen molar-refractivity contribution < 1.29 is 18.3 Å². The lowest BCUT2D eigenvalue weighted by atomic mass is 9.93. The minimum atomic E-state index is -3.05. The molecule has 0 saturated heterocycles. The highest BCUT2D eigenvalue weighted by atomic mass is 32.1. The predicted octanol–water partition coefficient (Wildman–Crippen LogP) is 3.00. The van der Waals surface area contributed by atoms with E-state index in [0.717, 1.165) is 0 Å². The molecule has 1 aliphatic rings. The summed E-state index contributed by atoms with van der Waals surface area (Å²) in [5.41, 5.74) is -0.576. The van der Waals surface area contributed by atoms with Crippen LogP contribution in [0.25, 0.3) is 0 Å². The summed E-state index contributed by atoms with van der Waals surface area (Å²) >= 11 is 1.38.